The summed E-state index contributed by atoms with van der Waals surface area (Å²) in [6.45, 7) is 7.01. The van der Waals surface area contributed by atoms with Gasteiger partial charge in [-0.25, -0.2) is 0 Å². The molecule has 0 amide bonds. The Morgan fingerprint density at radius 3 is 2.32 bits per heavy atom. The fourth-order valence-electron chi connectivity index (χ4n) is 7.48. The van der Waals surface area contributed by atoms with Crippen molar-refractivity contribution in [2.45, 2.75) is 90.3 Å². The van der Waals surface area contributed by atoms with Crippen LogP contribution < -0.4 is 0 Å². The summed E-state index contributed by atoms with van der Waals surface area (Å²) >= 11 is 0. The van der Waals surface area contributed by atoms with Gasteiger partial charge in [-0.1, -0.05) is 13.8 Å². The lowest BCUT2D eigenvalue weighted by molar-refractivity contribution is -0.153. The van der Waals surface area contributed by atoms with Crippen molar-refractivity contribution < 1.29 is 10.2 Å². The van der Waals surface area contributed by atoms with Gasteiger partial charge in [0.15, 0.2) is 0 Å². The quantitative estimate of drug-likeness (QED) is 0.706. The van der Waals surface area contributed by atoms with Gasteiger partial charge in [0.1, 0.15) is 0 Å². The predicted octanol–water partition coefficient (Wildman–Crippen LogP) is 4.14. The first kappa shape index (κ1) is 15.4. The van der Waals surface area contributed by atoms with Crippen LogP contribution in [-0.4, -0.2) is 21.9 Å². The number of fused-ring (bicyclic) bond motifs is 5. The van der Waals surface area contributed by atoms with Gasteiger partial charge in [-0.05, 0) is 99.2 Å². The normalized spacial score (nSPS) is 61.2. The Labute approximate surface area is 135 Å². The average molecular weight is 306 g/mol. The van der Waals surface area contributed by atoms with Crippen LogP contribution in [0.1, 0.15) is 78.6 Å². The number of aliphatic hydroxyl groups excluding tert-OH is 1. The largest absolute Gasteiger partial charge is 0.393 e. The first-order valence-electron chi connectivity index (χ1n) is 9.68. The molecular formula is C20H34O2. The van der Waals surface area contributed by atoms with E-state index >= 15 is 0 Å². The van der Waals surface area contributed by atoms with Crippen molar-refractivity contribution in [3.05, 3.63) is 0 Å². The Kier molecular flexibility index (Phi) is 3.32. The van der Waals surface area contributed by atoms with E-state index in [1.807, 2.05) is 0 Å². The molecule has 2 heteroatoms. The summed E-state index contributed by atoms with van der Waals surface area (Å²) in [7, 11) is 0. The van der Waals surface area contributed by atoms with Crippen molar-refractivity contribution >= 4 is 0 Å². The zero-order chi connectivity index (χ0) is 15.8. The molecule has 2 N–H and O–H groups in total. The van der Waals surface area contributed by atoms with E-state index in [2.05, 4.69) is 20.8 Å². The second kappa shape index (κ2) is 4.72. The van der Waals surface area contributed by atoms with Gasteiger partial charge in [-0.3, -0.25) is 0 Å². The lowest BCUT2D eigenvalue weighted by Gasteiger charge is -2.61. The highest BCUT2D eigenvalue weighted by Gasteiger charge is 2.63. The van der Waals surface area contributed by atoms with Gasteiger partial charge in [0.25, 0.3) is 0 Å². The van der Waals surface area contributed by atoms with Crippen LogP contribution >= 0.6 is 0 Å². The van der Waals surface area contributed by atoms with Crippen molar-refractivity contribution in [2.24, 2.45) is 34.5 Å². The molecule has 0 bridgehead atoms. The number of rotatable bonds is 0. The third kappa shape index (κ3) is 1.86. The average Bonchev–Trinajstić information content (AvgIpc) is 2.70. The number of hydrogen-bond donors (Lipinski definition) is 2. The van der Waals surface area contributed by atoms with E-state index in [9.17, 15) is 10.2 Å². The van der Waals surface area contributed by atoms with E-state index in [-0.39, 0.29) is 11.5 Å². The van der Waals surface area contributed by atoms with Crippen molar-refractivity contribution in [1.82, 2.24) is 0 Å². The van der Waals surface area contributed by atoms with Crippen LogP contribution in [0.3, 0.4) is 0 Å². The Bertz CT molecular complexity index is 459. The highest BCUT2D eigenvalue weighted by atomic mass is 16.3. The van der Waals surface area contributed by atoms with E-state index in [0.29, 0.717) is 5.41 Å². The van der Waals surface area contributed by atoms with E-state index in [1.165, 1.54) is 38.5 Å². The predicted molar refractivity (Wildman–Crippen MR) is 88.4 cm³/mol. The summed E-state index contributed by atoms with van der Waals surface area (Å²) in [4.78, 5) is 0. The monoisotopic (exact) mass is 306 g/mol. The van der Waals surface area contributed by atoms with Gasteiger partial charge in [0, 0.05) is 0 Å². The second-order valence-electron chi connectivity index (χ2n) is 9.85. The Morgan fingerprint density at radius 1 is 0.818 bits per heavy atom. The van der Waals surface area contributed by atoms with Gasteiger partial charge in [0.05, 0.1) is 11.7 Å². The van der Waals surface area contributed by atoms with E-state index in [0.717, 1.165) is 42.9 Å². The van der Waals surface area contributed by atoms with Crippen LogP contribution in [0.15, 0.2) is 0 Å². The Balaban J connectivity index is 1.64. The minimum absolute atomic E-state index is 0.0457. The molecule has 0 spiro atoms. The van der Waals surface area contributed by atoms with Gasteiger partial charge in [-0.2, -0.15) is 0 Å². The molecule has 8 atom stereocenters. The van der Waals surface area contributed by atoms with Crippen LogP contribution in [0.5, 0.6) is 0 Å². The summed E-state index contributed by atoms with van der Waals surface area (Å²) < 4.78 is 0. The minimum atomic E-state index is -0.455. The maximum absolute atomic E-state index is 10.9. The molecule has 4 aliphatic rings. The Hall–Kier alpha value is -0.0800. The standard InChI is InChI=1S/C20H34O2/c1-18-9-6-14(21)12-13(18)4-5-15-16(18)7-10-19(2)17(15)8-11-20(19,3)22/h13-17,21-22H,4-12H2,1-3H3/t13-,14?,15?,16?,17?,18?,19?,20-/m0/s1. The number of hydrogen-bond acceptors (Lipinski definition) is 2. The molecule has 0 heterocycles. The molecule has 4 fully saturated rings. The van der Waals surface area contributed by atoms with Crippen LogP contribution in [0, 0.1) is 34.5 Å². The molecule has 4 saturated carbocycles. The third-order valence-corrected chi connectivity index (χ3v) is 9.20. The zero-order valence-electron chi connectivity index (χ0n) is 14.6. The second-order valence-corrected chi connectivity index (χ2v) is 9.85. The fraction of sp³-hybridized carbons (Fsp3) is 1.00. The molecule has 22 heavy (non-hydrogen) atoms. The molecule has 0 aliphatic heterocycles. The first-order valence-corrected chi connectivity index (χ1v) is 9.68. The smallest absolute Gasteiger partial charge is 0.0675 e. The van der Waals surface area contributed by atoms with E-state index in [4.69, 9.17) is 0 Å². The summed E-state index contributed by atoms with van der Waals surface area (Å²) in [5, 5.41) is 21.0. The molecule has 2 nitrogen and oxygen atoms in total. The summed E-state index contributed by atoms with van der Waals surface area (Å²) in [5.41, 5.74) is 0.145. The van der Waals surface area contributed by atoms with E-state index in [1.54, 1.807) is 0 Å². The Morgan fingerprint density at radius 2 is 1.55 bits per heavy atom. The molecule has 0 radical (unpaired) electrons. The van der Waals surface area contributed by atoms with Gasteiger partial charge in [-0.15, -0.1) is 0 Å². The van der Waals surface area contributed by atoms with Crippen molar-refractivity contribution in [2.75, 3.05) is 0 Å². The van der Waals surface area contributed by atoms with Crippen LogP contribution in [0.4, 0.5) is 0 Å². The topological polar surface area (TPSA) is 40.5 Å². The first-order chi connectivity index (χ1) is 10.3. The van der Waals surface area contributed by atoms with Gasteiger partial charge >= 0.3 is 0 Å². The van der Waals surface area contributed by atoms with Crippen molar-refractivity contribution in [1.29, 1.82) is 0 Å². The molecule has 6 unspecified atom stereocenters. The highest BCUT2D eigenvalue weighted by Crippen LogP contribution is 2.68. The maximum atomic E-state index is 10.9. The molecule has 0 aromatic rings. The summed E-state index contributed by atoms with van der Waals surface area (Å²) in [5.74, 6) is 3.13. The maximum Gasteiger partial charge on any atom is 0.0675 e. The SMILES string of the molecule is CC12CCC(O)C[C@@H]1CCC1C2CCC2(C)C1CC[C@]2(C)O. The molecule has 0 saturated heterocycles. The molecule has 0 aromatic carbocycles. The summed E-state index contributed by atoms with van der Waals surface area (Å²) in [6, 6.07) is 0. The minimum Gasteiger partial charge on any atom is -0.393 e. The summed E-state index contributed by atoms with van der Waals surface area (Å²) in [6.07, 6.45) is 10.6. The van der Waals surface area contributed by atoms with Crippen LogP contribution in [0.2, 0.25) is 0 Å². The van der Waals surface area contributed by atoms with Crippen LogP contribution in [0.25, 0.3) is 0 Å². The molecule has 0 aromatic heterocycles. The number of aliphatic hydroxyl groups is 2. The van der Waals surface area contributed by atoms with E-state index < -0.39 is 5.60 Å². The molecule has 126 valence electrons. The molecular weight excluding hydrogens is 272 g/mol. The molecule has 4 aliphatic carbocycles. The zero-order valence-corrected chi connectivity index (χ0v) is 14.6. The lowest BCUT2D eigenvalue weighted by Crippen LogP contribution is -2.56. The lowest BCUT2D eigenvalue weighted by atomic mass is 9.44. The highest BCUT2D eigenvalue weighted by molar-refractivity contribution is 5.12. The van der Waals surface area contributed by atoms with Gasteiger partial charge < -0.3 is 10.2 Å². The van der Waals surface area contributed by atoms with Gasteiger partial charge in [0.2, 0.25) is 0 Å². The fourth-order valence-corrected chi connectivity index (χ4v) is 7.48. The third-order valence-electron chi connectivity index (χ3n) is 9.20. The van der Waals surface area contributed by atoms with Crippen molar-refractivity contribution in [3.63, 3.8) is 0 Å². The van der Waals surface area contributed by atoms with Crippen LogP contribution in [-0.2, 0) is 0 Å². The van der Waals surface area contributed by atoms with Crippen molar-refractivity contribution in [3.8, 4) is 0 Å². The molecule has 4 rings (SSSR count).